The number of hydrogen-bond acceptors (Lipinski definition) is 3. The number of ether oxygens (including phenoxy) is 1. The van der Waals surface area contributed by atoms with Gasteiger partial charge in [0, 0.05) is 16.1 Å². The van der Waals surface area contributed by atoms with Crippen LogP contribution in [0.4, 0.5) is 5.69 Å². The maximum atomic E-state index is 10.6. The summed E-state index contributed by atoms with van der Waals surface area (Å²) in [6, 6.07) is 7.70. The van der Waals surface area contributed by atoms with Crippen LogP contribution in [0.3, 0.4) is 0 Å². The van der Waals surface area contributed by atoms with Crippen molar-refractivity contribution in [1.82, 2.24) is 0 Å². The van der Waals surface area contributed by atoms with Crippen molar-refractivity contribution in [2.45, 2.75) is 0 Å². The Hall–Kier alpha value is -1.47. The summed E-state index contributed by atoms with van der Waals surface area (Å²) < 4.78 is 5.37. The van der Waals surface area contributed by atoms with E-state index in [1.807, 2.05) is 24.3 Å². The molecular weight excluding hydrogens is 258 g/mol. The topological polar surface area (TPSA) is 38.3 Å². The molecule has 3 nitrogen and oxygen atoms in total. The predicted molar refractivity (Wildman–Crippen MR) is 62.4 cm³/mol. The highest BCUT2D eigenvalue weighted by molar-refractivity contribution is 9.10. The Balaban J connectivity index is 2.43. The number of carbonyl (C=O) groups is 1. The average molecular weight is 268 g/mol. The van der Waals surface area contributed by atoms with Gasteiger partial charge in [0.2, 0.25) is 0 Å². The summed E-state index contributed by atoms with van der Waals surface area (Å²) in [5, 5.41) is 3.05. The Kier molecular flexibility index (Phi) is 4.72. The average Bonchev–Trinajstić information content (AvgIpc) is 2.24. The number of methoxy groups -OCH3 is 1. The predicted octanol–water partition coefficient (Wildman–Crippen LogP) is 2.04. The summed E-state index contributed by atoms with van der Waals surface area (Å²) in [6.07, 6.45) is 0. The molecule has 0 aliphatic carbocycles. The quantitative estimate of drug-likeness (QED) is 0.506. The second-order valence-electron chi connectivity index (χ2n) is 2.66. The molecule has 78 valence electrons. The maximum absolute atomic E-state index is 10.6. The largest absolute Gasteiger partial charge is 0.459 e. The molecule has 15 heavy (non-hydrogen) atoms. The highest BCUT2D eigenvalue weighted by atomic mass is 79.9. The van der Waals surface area contributed by atoms with Crippen molar-refractivity contribution in [2.24, 2.45) is 0 Å². The van der Waals surface area contributed by atoms with Crippen molar-refractivity contribution in [3.63, 3.8) is 0 Å². The van der Waals surface area contributed by atoms with Crippen LogP contribution in [0.15, 0.2) is 28.7 Å². The number of anilines is 1. The Bertz CT molecular complexity index is 407. The smallest absolute Gasteiger partial charge is 0.384 e. The molecule has 0 unspecified atom stereocenters. The fourth-order valence-corrected chi connectivity index (χ4v) is 1.31. The second-order valence-corrected chi connectivity index (χ2v) is 3.57. The molecule has 0 saturated heterocycles. The first kappa shape index (κ1) is 11.6. The zero-order valence-electron chi connectivity index (χ0n) is 8.21. The third-order valence-electron chi connectivity index (χ3n) is 1.58. The lowest BCUT2D eigenvalue weighted by Crippen LogP contribution is -2.00. The van der Waals surface area contributed by atoms with E-state index in [4.69, 9.17) is 0 Å². The summed E-state index contributed by atoms with van der Waals surface area (Å²) in [5.41, 5.74) is 0.948. The summed E-state index contributed by atoms with van der Waals surface area (Å²) >= 11 is 3.36. The van der Waals surface area contributed by atoms with Crippen LogP contribution in [0.25, 0.3) is 0 Å². The van der Waals surface area contributed by atoms with Gasteiger partial charge >= 0.3 is 5.97 Å². The van der Waals surface area contributed by atoms with Crippen molar-refractivity contribution in [3.05, 3.63) is 28.7 Å². The van der Waals surface area contributed by atoms with Gasteiger partial charge in [-0.2, -0.15) is 0 Å². The normalized spacial score (nSPS) is 8.67. The Morgan fingerprint density at radius 1 is 1.60 bits per heavy atom. The van der Waals surface area contributed by atoms with Gasteiger partial charge in [0.05, 0.1) is 13.7 Å². The second kappa shape index (κ2) is 6.10. The Labute approximate surface area is 96.9 Å². The Morgan fingerprint density at radius 3 is 3.07 bits per heavy atom. The fourth-order valence-electron chi connectivity index (χ4n) is 0.912. The third-order valence-corrected chi connectivity index (χ3v) is 2.07. The van der Waals surface area contributed by atoms with Gasteiger partial charge in [-0.05, 0) is 18.2 Å². The lowest BCUT2D eigenvalue weighted by molar-refractivity contribution is -0.133. The highest BCUT2D eigenvalue weighted by Crippen LogP contribution is 2.14. The molecule has 1 N–H and O–H groups in total. The first-order valence-electron chi connectivity index (χ1n) is 4.28. The lowest BCUT2D eigenvalue weighted by atomic mass is 10.3. The van der Waals surface area contributed by atoms with E-state index < -0.39 is 5.97 Å². The van der Waals surface area contributed by atoms with Crippen LogP contribution in [0.5, 0.6) is 0 Å². The molecular formula is C11H10BrNO2. The standard InChI is InChI=1S/C11H10BrNO2/c1-15-11(14)6-3-7-13-10-5-2-4-9(12)8-10/h2,4-5,8,13H,7H2,1H3. The molecule has 0 amide bonds. The Morgan fingerprint density at radius 2 is 2.40 bits per heavy atom. The molecule has 0 saturated carbocycles. The molecule has 0 aliphatic heterocycles. The van der Waals surface area contributed by atoms with Gasteiger partial charge in [-0.3, -0.25) is 0 Å². The minimum absolute atomic E-state index is 0.408. The van der Waals surface area contributed by atoms with Gasteiger partial charge in [-0.15, -0.1) is 0 Å². The van der Waals surface area contributed by atoms with Crippen molar-refractivity contribution in [1.29, 1.82) is 0 Å². The molecule has 4 heteroatoms. The summed E-state index contributed by atoms with van der Waals surface area (Å²) in [5.74, 6) is 4.46. The molecule has 0 bridgehead atoms. The van der Waals surface area contributed by atoms with E-state index in [1.165, 1.54) is 7.11 Å². The van der Waals surface area contributed by atoms with Gasteiger partial charge in [0.25, 0.3) is 0 Å². The van der Waals surface area contributed by atoms with Gasteiger partial charge in [-0.1, -0.05) is 27.9 Å². The number of hydrogen-bond donors (Lipinski definition) is 1. The molecule has 1 rings (SSSR count). The SMILES string of the molecule is COC(=O)C#CCNc1cccc(Br)c1. The molecule has 1 aromatic rings. The molecule has 0 radical (unpaired) electrons. The number of rotatable bonds is 2. The molecule has 0 heterocycles. The van der Waals surface area contributed by atoms with Crippen LogP contribution in [-0.2, 0) is 9.53 Å². The fraction of sp³-hybridized carbons (Fsp3) is 0.182. The van der Waals surface area contributed by atoms with E-state index in [-0.39, 0.29) is 0 Å². The van der Waals surface area contributed by atoms with Gasteiger partial charge < -0.3 is 10.1 Å². The van der Waals surface area contributed by atoms with Crippen molar-refractivity contribution in [3.8, 4) is 11.8 Å². The van der Waals surface area contributed by atoms with Crippen LogP contribution in [0.2, 0.25) is 0 Å². The van der Waals surface area contributed by atoms with E-state index in [0.29, 0.717) is 6.54 Å². The summed E-state index contributed by atoms with van der Waals surface area (Å²) in [6.45, 7) is 0.408. The zero-order valence-corrected chi connectivity index (χ0v) is 9.80. The number of carbonyl (C=O) groups excluding carboxylic acids is 1. The molecule has 0 aliphatic rings. The van der Waals surface area contributed by atoms with E-state index in [1.54, 1.807) is 0 Å². The number of esters is 1. The molecule has 0 spiro atoms. The zero-order chi connectivity index (χ0) is 11.1. The summed E-state index contributed by atoms with van der Waals surface area (Å²) in [4.78, 5) is 10.6. The number of halogens is 1. The summed E-state index contributed by atoms with van der Waals surface area (Å²) in [7, 11) is 1.30. The van der Waals surface area contributed by atoms with Crippen LogP contribution in [0.1, 0.15) is 0 Å². The minimum Gasteiger partial charge on any atom is -0.459 e. The van der Waals surface area contributed by atoms with E-state index in [9.17, 15) is 4.79 Å². The van der Waals surface area contributed by atoms with Crippen molar-refractivity contribution >= 4 is 27.6 Å². The van der Waals surface area contributed by atoms with Crippen LogP contribution < -0.4 is 5.32 Å². The van der Waals surface area contributed by atoms with E-state index in [0.717, 1.165) is 10.2 Å². The van der Waals surface area contributed by atoms with Crippen molar-refractivity contribution < 1.29 is 9.53 Å². The van der Waals surface area contributed by atoms with Crippen LogP contribution in [0, 0.1) is 11.8 Å². The number of nitrogens with one attached hydrogen (secondary N) is 1. The van der Waals surface area contributed by atoms with E-state index >= 15 is 0 Å². The van der Waals surface area contributed by atoms with Crippen molar-refractivity contribution in [2.75, 3.05) is 19.0 Å². The molecule has 1 aromatic carbocycles. The lowest BCUT2D eigenvalue weighted by Gasteiger charge is -2.01. The first-order chi connectivity index (χ1) is 7.22. The van der Waals surface area contributed by atoms with Gasteiger partial charge in [-0.25, -0.2) is 4.79 Å². The third kappa shape index (κ3) is 4.52. The number of benzene rings is 1. The van der Waals surface area contributed by atoms with E-state index in [2.05, 4.69) is 37.8 Å². The molecule has 0 aromatic heterocycles. The van der Waals surface area contributed by atoms with Gasteiger partial charge in [0.15, 0.2) is 0 Å². The van der Waals surface area contributed by atoms with Crippen LogP contribution >= 0.6 is 15.9 Å². The molecule has 0 atom stereocenters. The van der Waals surface area contributed by atoms with Gasteiger partial charge in [0.1, 0.15) is 0 Å². The minimum atomic E-state index is -0.522. The molecule has 0 fully saturated rings. The maximum Gasteiger partial charge on any atom is 0.384 e. The highest BCUT2D eigenvalue weighted by Gasteiger charge is 1.91. The monoisotopic (exact) mass is 267 g/mol. The van der Waals surface area contributed by atoms with Crippen LogP contribution in [-0.4, -0.2) is 19.6 Å². The first-order valence-corrected chi connectivity index (χ1v) is 5.08.